The highest BCUT2D eigenvalue weighted by atomic mass is 35.5. The van der Waals surface area contributed by atoms with Crippen LogP contribution in [0.4, 0.5) is 5.69 Å². The van der Waals surface area contributed by atoms with Crippen LogP contribution in [0, 0.1) is 0 Å². The summed E-state index contributed by atoms with van der Waals surface area (Å²) in [7, 11) is 0. The maximum absolute atomic E-state index is 12.5. The predicted molar refractivity (Wildman–Crippen MR) is 121 cm³/mol. The third-order valence-electron chi connectivity index (χ3n) is 5.46. The molecule has 8 nitrogen and oxygen atoms in total. The van der Waals surface area contributed by atoms with Gasteiger partial charge in [-0.3, -0.25) is 9.69 Å². The van der Waals surface area contributed by atoms with Crippen molar-refractivity contribution in [2.75, 3.05) is 51.3 Å². The van der Waals surface area contributed by atoms with E-state index in [4.69, 9.17) is 4.74 Å². The number of carbonyl (C=O) groups is 1. The van der Waals surface area contributed by atoms with Gasteiger partial charge in [0.05, 0.1) is 25.5 Å². The number of amides is 1. The van der Waals surface area contributed by atoms with Gasteiger partial charge >= 0.3 is 0 Å². The lowest BCUT2D eigenvalue weighted by Crippen LogP contribution is -2.37. The molecule has 166 valence electrons. The van der Waals surface area contributed by atoms with Crippen molar-refractivity contribution in [3.63, 3.8) is 0 Å². The van der Waals surface area contributed by atoms with Crippen molar-refractivity contribution in [2.24, 2.45) is 0 Å². The van der Waals surface area contributed by atoms with Gasteiger partial charge in [0.15, 0.2) is 5.69 Å². The molecule has 2 fully saturated rings. The first-order chi connectivity index (χ1) is 13.8. The minimum atomic E-state index is -0.221. The van der Waals surface area contributed by atoms with Gasteiger partial charge in [0, 0.05) is 25.3 Å². The third kappa shape index (κ3) is 6.65. The normalized spacial score (nSPS) is 17.6. The molecule has 0 spiro atoms. The fourth-order valence-electron chi connectivity index (χ4n) is 3.69. The van der Waals surface area contributed by atoms with Crippen molar-refractivity contribution in [3.8, 4) is 0 Å². The quantitative estimate of drug-likeness (QED) is 0.692. The molecule has 3 heterocycles. The predicted octanol–water partition coefficient (Wildman–Crippen LogP) is 2.17. The molecule has 2 aliphatic rings. The fourth-order valence-corrected chi connectivity index (χ4v) is 3.69. The maximum Gasteiger partial charge on any atom is 0.277 e. The summed E-state index contributed by atoms with van der Waals surface area (Å²) >= 11 is 0. The van der Waals surface area contributed by atoms with Gasteiger partial charge in [-0.2, -0.15) is 0 Å². The Morgan fingerprint density at radius 3 is 2.53 bits per heavy atom. The first kappa shape index (κ1) is 24.6. The summed E-state index contributed by atoms with van der Waals surface area (Å²) in [4.78, 5) is 14.9. The van der Waals surface area contributed by atoms with Gasteiger partial charge in [-0.15, -0.1) is 29.9 Å². The van der Waals surface area contributed by atoms with E-state index in [1.807, 2.05) is 16.8 Å². The molecule has 10 heteroatoms. The molecule has 0 bridgehead atoms. The number of hydrogen-bond acceptors (Lipinski definition) is 6. The summed E-state index contributed by atoms with van der Waals surface area (Å²) < 4.78 is 7.20. The molecule has 30 heavy (non-hydrogen) atoms. The Hall–Kier alpha value is -1.71. The molecular weight excluding hydrogens is 427 g/mol. The van der Waals surface area contributed by atoms with Gasteiger partial charge in [0.1, 0.15) is 0 Å². The SMILES string of the molecule is Cl.Cl.O=C(Nc1ccc(CCN2CCOCC2)cc1)c1cn(C2CCNCC2)nn1. The van der Waals surface area contributed by atoms with Crippen LogP contribution in [0.3, 0.4) is 0 Å². The van der Waals surface area contributed by atoms with E-state index in [-0.39, 0.29) is 30.7 Å². The van der Waals surface area contributed by atoms with Gasteiger partial charge in [-0.1, -0.05) is 17.3 Å². The topological polar surface area (TPSA) is 84.3 Å². The molecule has 2 N–H and O–H groups in total. The number of anilines is 1. The Kier molecular flexibility index (Phi) is 10.0. The molecule has 0 radical (unpaired) electrons. The third-order valence-corrected chi connectivity index (χ3v) is 5.46. The summed E-state index contributed by atoms with van der Waals surface area (Å²) in [5.74, 6) is -0.221. The molecule has 1 aromatic heterocycles. The lowest BCUT2D eigenvalue weighted by atomic mass is 10.1. The fraction of sp³-hybridized carbons (Fsp3) is 0.550. The van der Waals surface area contributed by atoms with E-state index < -0.39 is 0 Å². The van der Waals surface area contributed by atoms with Crippen molar-refractivity contribution in [2.45, 2.75) is 25.3 Å². The summed E-state index contributed by atoms with van der Waals surface area (Å²) in [6, 6.07) is 8.36. The number of ether oxygens (including phenoxy) is 1. The number of aromatic nitrogens is 3. The van der Waals surface area contributed by atoms with Crippen LogP contribution in [-0.4, -0.2) is 71.7 Å². The zero-order valence-electron chi connectivity index (χ0n) is 17.0. The molecule has 0 unspecified atom stereocenters. The number of morpholine rings is 1. The molecule has 1 aromatic carbocycles. The van der Waals surface area contributed by atoms with E-state index in [1.54, 1.807) is 6.20 Å². The molecule has 0 saturated carbocycles. The standard InChI is InChI=1S/C20H28N6O2.2ClH/c27-20(19-15-26(24-23-19)18-5-8-21-9-6-18)22-17-3-1-16(2-4-17)7-10-25-11-13-28-14-12-25;;/h1-4,15,18,21H,5-14H2,(H,22,27);2*1H. The smallest absolute Gasteiger partial charge is 0.277 e. The second kappa shape index (κ2) is 12.2. The highest BCUT2D eigenvalue weighted by molar-refractivity contribution is 6.02. The van der Waals surface area contributed by atoms with Crippen LogP contribution in [-0.2, 0) is 11.2 Å². The number of piperidine rings is 1. The van der Waals surface area contributed by atoms with Crippen LogP contribution in [0.25, 0.3) is 0 Å². The van der Waals surface area contributed by atoms with Crippen LogP contribution in [0.15, 0.2) is 30.5 Å². The molecule has 0 atom stereocenters. The van der Waals surface area contributed by atoms with Crippen LogP contribution in [0.5, 0.6) is 0 Å². The monoisotopic (exact) mass is 456 g/mol. The number of hydrogen-bond donors (Lipinski definition) is 2. The second-order valence-corrected chi connectivity index (χ2v) is 7.42. The molecular formula is C20H30Cl2N6O2. The lowest BCUT2D eigenvalue weighted by Gasteiger charge is -2.26. The highest BCUT2D eigenvalue weighted by Crippen LogP contribution is 2.18. The van der Waals surface area contributed by atoms with E-state index in [1.165, 1.54) is 5.56 Å². The number of benzene rings is 1. The second-order valence-electron chi connectivity index (χ2n) is 7.42. The van der Waals surface area contributed by atoms with Gasteiger partial charge < -0.3 is 15.4 Å². The molecule has 2 aliphatic heterocycles. The van der Waals surface area contributed by atoms with Crippen LogP contribution in [0.2, 0.25) is 0 Å². The van der Waals surface area contributed by atoms with E-state index in [0.29, 0.717) is 11.7 Å². The van der Waals surface area contributed by atoms with Crippen molar-refractivity contribution >= 4 is 36.4 Å². The molecule has 1 amide bonds. The summed E-state index contributed by atoms with van der Waals surface area (Å²) in [6.07, 6.45) is 4.77. The first-order valence-electron chi connectivity index (χ1n) is 10.1. The van der Waals surface area contributed by atoms with Crippen molar-refractivity contribution < 1.29 is 9.53 Å². The number of rotatable bonds is 6. The van der Waals surface area contributed by atoms with Gasteiger partial charge in [-0.25, -0.2) is 4.68 Å². The maximum atomic E-state index is 12.5. The Morgan fingerprint density at radius 1 is 1.13 bits per heavy atom. The van der Waals surface area contributed by atoms with Crippen LogP contribution < -0.4 is 10.6 Å². The van der Waals surface area contributed by atoms with E-state index in [2.05, 4.69) is 38.0 Å². The van der Waals surface area contributed by atoms with Crippen molar-refractivity contribution in [1.29, 1.82) is 0 Å². The van der Waals surface area contributed by atoms with Crippen LogP contribution in [0.1, 0.15) is 34.9 Å². The Balaban J connectivity index is 0.00000160. The van der Waals surface area contributed by atoms with E-state index >= 15 is 0 Å². The summed E-state index contributed by atoms with van der Waals surface area (Å²) in [5, 5.41) is 14.4. The van der Waals surface area contributed by atoms with E-state index in [9.17, 15) is 4.79 Å². The van der Waals surface area contributed by atoms with Gasteiger partial charge in [0.2, 0.25) is 0 Å². The minimum Gasteiger partial charge on any atom is -0.379 e. The first-order valence-corrected chi connectivity index (χ1v) is 10.1. The zero-order chi connectivity index (χ0) is 19.2. The summed E-state index contributed by atoms with van der Waals surface area (Å²) in [5.41, 5.74) is 2.40. The largest absolute Gasteiger partial charge is 0.379 e. The Morgan fingerprint density at radius 2 is 1.83 bits per heavy atom. The van der Waals surface area contributed by atoms with Crippen molar-refractivity contribution in [3.05, 3.63) is 41.7 Å². The molecule has 4 rings (SSSR count). The van der Waals surface area contributed by atoms with Crippen molar-refractivity contribution in [1.82, 2.24) is 25.2 Å². The summed E-state index contributed by atoms with van der Waals surface area (Å²) in [6.45, 7) is 6.65. The molecule has 2 aromatic rings. The number of carbonyl (C=O) groups excluding carboxylic acids is 1. The number of halogens is 2. The molecule has 2 saturated heterocycles. The lowest BCUT2D eigenvalue weighted by molar-refractivity contribution is 0.0384. The highest BCUT2D eigenvalue weighted by Gasteiger charge is 2.19. The van der Waals surface area contributed by atoms with Gasteiger partial charge in [-0.05, 0) is 50.0 Å². The van der Waals surface area contributed by atoms with Gasteiger partial charge in [0.25, 0.3) is 5.91 Å². The average molecular weight is 457 g/mol. The minimum absolute atomic E-state index is 0. The number of nitrogens with one attached hydrogen (secondary N) is 2. The Bertz CT molecular complexity index is 774. The average Bonchev–Trinajstić information content (AvgIpc) is 3.25. The number of nitrogens with zero attached hydrogens (tertiary/aromatic N) is 4. The van der Waals surface area contributed by atoms with E-state index in [0.717, 1.165) is 70.9 Å². The zero-order valence-corrected chi connectivity index (χ0v) is 18.6. The Labute approximate surface area is 189 Å². The molecule has 0 aliphatic carbocycles. The van der Waals surface area contributed by atoms with Crippen LogP contribution >= 0.6 is 24.8 Å².